The fourth-order valence-corrected chi connectivity index (χ4v) is 8.17. The molecule has 2 amide bonds. The minimum atomic E-state index is -4.59. The van der Waals surface area contributed by atoms with Gasteiger partial charge in [0, 0.05) is 24.7 Å². The van der Waals surface area contributed by atoms with Crippen molar-refractivity contribution in [2.24, 2.45) is 5.92 Å². The number of alkyl carbamates (subject to hydrolysis) is 1. The van der Waals surface area contributed by atoms with Gasteiger partial charge in [-0.05, 0) is 127 Å². The van der Waals surface area contributed by atoms with E-state index in [1.54, 1.807) is 20.8 Å². The molecule has 1 aliphatic heterocycles. The first kappa shape index (κ1) is 38.8. The maximum absolute atomic E-state index is 16.5. The average Bonchev–Trinajstić information content (AvgIpc) is 3.10. The molecule has 1 saturated heterocycles. The number of nitrogens with zero attached hydrogens (tertiary/aromatic N) is 1. The van der Waals surface area contributed by atoms with Crippen molar-refractivity contribution in [1.82, 2.24) is 14.9 Å². The van der Waals surface area contributed by atoms with E-state index < -0.39 is 45.2 Å². The SMILES string of the molecule is CC(C)(C)OC(=O)NC1CCN(C(=O)C(NS(=O)(=O)c2ccc(OCC3CCCCC3)cc2)C(F)(F)c2ccc(OC3CCCCC3)cc2)CC1. The summed E-state index contributed by atoms with van der Waals surface area (Å²) in [6.45, 7) is 5.83. The summed E-state index contributed by atoms with van der Waals surface area (Å²) in [5.41, 5.74) is -1.22. The Morgan fingerprint density at radius 3 is 1.98 bits per heavy atom. The number of halogens is 2. The predicted octanol–water partition coefficient (Wildman–Crippen LogP) is 7.31. The molecule has 1 unspecified atom stereocenters. The van der Waals surface area contributed by atoms with Gasteiger partial charge in [0.1, 0.15) is 17.1 Å². The van der Waals surface area contributed by atoms with Crippen LogP contribution in [0.15, 0.2) is 53.4 Å². The third-order valence-corrected chi connectivity index (χ3v) is 11.3. The normalized spacial score (nSPS) is 19.3. The Morgan fingerprint density at radius 2 is 1.39 bits per heavy atom. The molecule has 2 aromatic rings. The smallest absolute Gasteiger partial charge is 0.407 e. The van der Waals surface area contributed by atoms with E-state index in [1.165, 1.54) is 72.7 Å². The molecule has 51 heavy (non-hydrogen) atoms. The van der Waals surface area contributed by atoms with Crippen molar-refractivity contribution >= 4 is 22.0 Å². The standard InChI is InChI=1S/C38H53F2N3O7S/c1-37(2,3)50-36(45)41-29-22-24-43(25-23-29)35(44)34(38(39,40)28-14-16-32(17-15-28)49-31-12-8-5-9-13-31)42-51(46,47)33-20-18-30(19-21-33)48-26-27-10-6-4-7-11-27/h14-21,27,29,31,34,42H,4-13,22-26H2,1-3H3,(H,41,45). The highest BCUT2D eigenvalue weighted by Gasteiger charge is 2.50. The number of hydrogen-bond acceptors (Lipinski definition) is 7. The van der Waals surface area contributed by atoms with Gasteiger partial charge in [0.05, 0.1) is 17.6 Å². The van der Waals surface area contributed by atoms with Crippen molar-refractivity contribution in [3.05, 3.63) is 54.1 Å². The van der Waals surface area contributed by atoms with Gasteiger partial charge >= 0.3 is 6.09 Å². The van der Waals surface area contributed by atoms with Crippen LogP contribution in [0.5, 0.6) is 11.5 Å². The lowest BCUT2D eigenvalue weighted by molar-refractivity contribution is -0.145. The second-order valence-electron chi connectivity index (χ2n) is 15.1. The molecule has 10 nitrogen and oxygen atoms in total. The van der Waals surface area contributed by atoms with Gasteiger partial charge in [-0.3, -0.25) is 4.79 Å². The summed E-state index contributed by atoms with van der Waals surface area (Å²) < 4.78 is 79.6. The zero-order valence-corrected chi connectivity index (χ0v) is 30.8. The first-order valence-corrected chi connectivity index (χ1v) is 19.9. The zero-order valence-electron chi connectivity index (χ0n) is 30.0. The van der Waals surface area contributed by atoms with Crippen LogP contribution in [0, 0.1) is 5.92 Å². The lowest BCUT2D eigenvalue weighted by atomic mass is 9.90. The molecule has 2 saturated carbocycles. The second kappa shape index (κ2) is 16.9. The minimum absolute atomic E-state index is 0.0167. The molecule has 0 spiro atoms. The fraction of sp³-hybridized carbons (Fsp3) is 0.632. The number of likely N-dealkylation sites (tertiary alicyclic amines) is 1. The van der Waals surface area contributed by atoms with Crippen LogP contribution in [-0.2, 0) is 25.5 Å². The van der Waals surface area contributed by atoms with Crippen molar-refractivity contribution in [2.45, 2.75) is 132 Å². The van der Waals surface area contributed by atoms with Gasteiger partial charge in [0.15, 0.2) is 6.04 Å². The van der Waals surface area contributed by atoms with Gasteiger partial charge in [0.2, 0.25) is 15.9 Å². The van der Waals surface area contributed by atoms with Crippen LogP contribution in [0.3, 0.4) is 0 Å². The number of rotatable bonds is 12. The van der Waals surface area contributed by atoms with Gasteiger partial charge in [-0.2, -0.15) is 13.5 Å². The van der Waals surface area contributed by atoms with E-state index in [2.05, 4.69) is 10.0 Å². The zero-order chi connectivity index (χ0) is 36.6. The van der Waals surface area contributed by atoms with Crippen molar-refractivity contribution in [3.63, 3.8) is 0 Å². The Morgan fingerprint density at radius 1 is 0.824 bits per heavy atom. The number of sulfonamides is 1. The van der Waals surface area contributed by atoms with E-state index in [1.807, 2.05) is 0 Å². The molecule has 2 aliphatic carbocycles. The van der Waals surface area contributed by atoms with Crippen LogP contribution in [-0.4, -0.2) is 68.8 Å². The Bertz CT molecular complexity index is 1550. The number of hydrogen-bond donors (Lipinski definition) is 2. The Labute approximate surface area is 301 Å². The molecular formula is C38H53F2N3O7S. The third kappa shape index (κ3) is 11.0. The number of benzene rings is 2. The topological polar surface area (TPSA) is 123 Å². The average molecular weight is 734 g/mol. The van der Waals surface area contributed by atoms with Crippen molar-refractivity contribution in [1.29, 1.82) is 0 Å². The number of piperidine rings is 1. The van der Waals surface area contributed by atoms with Crippen LogP contribution >= 0.6 is 0 Å². The number of alkyl halides is 2. The Hall–Kier alpha value is -3.45. The van der Waals surface area contributed by atoms with Gasteiger partial charge in [0.25, 0.3) is 5.92 Å². The molecule has 5 rings (SSSR count). The highest BCUT2D eigenvalue weighted by molar-refractivity contribution is 7.89. The molecule has 3 aliphatic rings. The van der Waals surface area contributed by atoms with Gasteiger partial charge in [-0.1, -0.05) is 25.7 Å². The number of carbonyl (C=O) groups excluding carboxylic acids is 2. The lowest BCUT2D eigenvalue weighted by Crippen LogP contribution is -2.58. The largest absolute Gasteiger partial charge is 0.493 e. The Balaban J connectivity index is 1.31. The predicted molar refractivity (Wildman–Crippen MR) is 189 cm³/mol. The van der Waals surface area contributed by atoms with Crippen LogP contribution in [0.25, 0.3) is 0 Å². The molecule has 2 aromatic carbocycles. The molecule has 0 aromatic heterocycles. The molecule has 2 N–H and O–H groups in total. The molecule has 1 atom stereocenters. The van der Waals surface area contributed by atoms with Gasteiger partial charge in [-0.25, -0.2) is 13.2 Å². The number of amides is 2. The lowest BCUT2D eigenvalue weighted by Gasteiger charge is -2.36. The number of ether oxygens (including phenoxy) is 3. The van der Waals surface area contributed by atoms with Crippen molar-refractivity contribution in [3.8, 4) is 11.5 Å². The molecule has 0 bridgehead atoms. The molecular weight excluding hydrogens is 680 g/mol. The monoisotopic (exact) mass is 733 g/mol. The molecule has 13 heteroatoms. The summed E-state index contributed by atoms with van der Waals surface area (Å²) in [5, 5.41) is 2.77. The van der Waals surface area contributed by atoms with Crippen LogP contribution < -0.4 is 19.5 Å². The summed E-state index contributed by atoms with van der Waals surface area (Å²) in [7, 11) is -4.59. The van der Waals surface area contributed by atoms with E-state index in [9.17, 15) is 18.0 Å². The summed E-state index contributed by atoms with van der Waals surface area (Å²) in [4.78, 5) is 27.2. The van der Waals surface area contributed by atoms with Crippen molar-refractivity contribution < 1.29 is 41.0 Å². The number of carbonyl (C=O) groups is 2. The highest BCUT2D eigenvalue weighted by Crippen LogP contribution is 2.36. The van der Waals surface area contributed by atoms with E-state index >= 15 is 8.78 Å². The molecule has 3 fully saturated rings. The summed E-state index contributed by atoms with van der Waals surface area (Å²) in [5.74, 6) is -3.62. The fourth-order valence-electron chi connectivity index (χ4n) is 6.98. The summed E-state index contributed by atoms with van der Waals surface area (Å²) in [6, 6.07) is 8.05. The van der Waals surface area contributed by atoms with Crippen LogP contribution in [0.1, 0.15) is 103 Å². The van der Waals surface area contributed by atoms with E-state index in [0.717, 1.165) is 44.9 Å². The van der Waals surface area contributed by atoms with E-state index in [-0.39, 0.29) is 43.0 Å². The van der Waals surface area contributed by atoms with Gasteiger partial charge < -0.3 is 24.4 Å². The first-order valence-electron chi connectivity index (χ1n) is 18.4. The molecule has 282 valence electrons. The Kier molecular flexibility index (Phi) is 12.9. The van der Waals surface area contributed by atoms with Crippen molar-refractivity contribution in [2.75, 3.05) is 19.7 Å². The molecule has 0 radical (unpaired) electrons. The highest BCUT2D eigenvalue weighted by atomic mass is 32.2. The second-order valence-corrected chi connectivity index (χ2v) is 16.8. The van der Waals surface area contributed by atoms with E-state index in [4.69, 9.17) is 14.2 Å². The number of nitrogens with one attached hydrogen (secondary N) is 2. The minimum Gasteiger partial charge on any atom is -0.493 e. The molecule has 1 heterocycles. The van der Waals surface area contributed by atoms with E-state index in [0.29, 0.717) is 24.0 Å². The first-order chi connectivity index (χ1) is 24.2. The van der Waals surface area contributed by atoms with Gasteiger partial charge in [-0.15, -0.1) is 0 Å². The summed E-state index contributed by atoms with van der Waals surface area (Å²) in [6.07, 6.45) is 10.8. The van der Waals surface area contributed by atoms with Crippen LogP contribution in [0.4, 0.5) is 13.6 Å². The maximum Gasteiger partial charge on any atom is 0.407 e. The maximum atomic E-state index is 16.5. The quantitative estimate of drug-likeness (QED) is 0.235. The third-order valence-electron chi connectivity index (χ3n) is 9.85. The van der Waals surface area contributed by atoms with Crippen LogP contribution in [0.2, 0.25) is 0 Å². The summed E-state index contributed by atoms with van der Waals surface area (Å²) >= 11 is 0.